The van der Waals surface area contributed by atoms with Gasteiger partial charge in [0.1, 0.15) is 0 Å². The summed E-state index contributed by atoms with van der Waals surface area (Å²) in [5.41, 5.74) is 2.56. The Morgan fingerprint density at radius 3 is 2.71 bits per heavy atom. The average molecular weight is 285 g/mol. The number of piperidine rings is 1. The van der Waals surface area contributed by atoms with Gasteiger partial charge in [0.15, 0.2) is 0 Å². The third-order valence-electron chi connectivity index (χ3n) is 4.13. The van der Waals surface area contributed by atoms with Gasteiger partial charge in [-0.2, -0.15) is 0 Å². The molecule has 3 rings (SSSR count). The van der Waals surface area contributed by atoms with E-state index in [1.54, 1.807) is 6.33 Å². The predicted molar refractivity (Wildman–Crippen MR) is 82.8 cm³/mol. The van der Waals surface area contributed by atoms with Crippen molar-refractivity contribution in [3.63, 3.8) is 0 Å². The number of hydrogen-bond acceptors (Lipinski definition) is 4. The van der Waals surface area contributed by atoms with Gasteiger partial charge in [-0.15, -0.1) is 0 Å². The van der Waals surface area contributed by atoms with Crippen LogP contribution in [-0.2, 0) is 13.0 Å². The van der Waals surface area contributed by atoms with Gasteiger partial charge < -0.3 is 10.3 Å². The fraction of sp³-hybridized carbons (Fsp3) is 0.500. The summed E-state index contributed by atoms with van der Waals surface area (Å²) in [7, 11) is 0. The predicted octanol–water partition coefficient (Wildman–Crippen LogP) is 1.60. The maximum absolute atomic E-state index is 4.07. The zero-order valence-electron chi connectivity index (χ0n) is 12.3. The van der Waals surface area contributed by atoms with Gasteiger partial charge in [-0.3, -0.25) is 9.88 Å². The van der Waals surface area contributed by atoms with Gasteiger partial charge in [0.05, 0.1) is 6.33 Å². The van der Waals surface area contributed by atoms with E-state index in [0.717, 1.165) is 19.5 Å². The summed E-state index contributed by atoms with van der Waals surface area (Å²) >= 11 is 0. The van der Waals surface area contributed by atoms with Crippen molar-refractivity contribution in [3.05, 3.63) is 48.3 Å². The van der Waals surface area contributed by atoms with E-state index in [0.29, 0.717) is 6.04 Å². The summed E-state index contributed by atoms with van der Waals surface area (Å²) in [5.74, 6) is 0. The fourth-order valence-electron chi connectivity index (χ4n) is 2.87. The average Bonchev–Trinajstić information content (AvgIpc) is 3.03. The monoisotopic (exact) mass is 285 g/mol. The topological polar surface area (TPSA) is 56.8 Å². The molecule has 0 spiro atoms. The Kier molecular flexibility index (Phi) is 4.97. The van der Waals surface area contributed by atoms with Gasteiger partial charge in [0.2, 0.25) is 0 Å². The molecule has 0 aromatic carbocycles. The second kappa shape index (κ2) is 7.33. The highest BCUT2D eigenvalue weighted by Crippen LogP contribution is 2.13. The molecule has 2 aromatic heterocycles. The largest absolute Gasteiger partial charge is 0.348 e. The van der Waals surface area contributed by atoms with Crippen molar-refractivity contribution in [2.24, 2.45) is 0 Å². The van der Waals surface area contributed by atoms with E-state index in [9.17, 15) is 0 Å². The minimum absolute atomic E-state index is 0.654. The van der Waals surface area contributed by atoms with E-state index in [4.69, 9.17) is 0 Å². The van der Waals surface area contributed by atoms with Crippen LogP contribution in [0.15, 0.2) is 37.1 Å². The molecule has 2 aromatic rings. The van der Waals surface area contributed by atoms with Crippen LogP contribution in [0.3, 0.4) is 0 Å². The molecule has 0 unspecified atom stereocenters. The van der Waals surface area contributed by atoms with Gasteiger partial charge in [-0.25, -0.2) is 4.98 Å². The summed E-state index contributed by atoms with van der Waals surface area (Å²) in [5, 5.41) is 3.66. The van der Waals surface area contributed by atoms with Gasteiger partial charge in [-0.05, 0) is 43.6 Å². The van der Waals surface area contributed by atoms with E-state index in [2.05, 4.69) is 37.3 Å². The SMILES string of the molecule is c1cc(CN2CCC(NCCc3cnc[nH]3)CC2)ccn1. The van der Waals surface area contributed by atoms with E-state index >= 15 is 0 Å². The highest BCUT2D eigenvalue weighted by atomic mass is 15.1. The number of hydrogen-bond donors (Lipinski definition) is 2. The first-order chi connectivity index (χ1) is 10.4. The standard InChI is InChI=1S/C16H23N5/c1-6-17-7-2-14(1)12-21-9-4-15(5-10-21)19-8-3-16-11-18-13-20-16/h1-2,6-7,11,13,15,19H,3-5,8-10,12H2,(H,18,20). The summed E-state index contributed by atoms with van der Waals surface area (Å²) in [6.45, 7) is 4.41. The number of H-pyrrole nitrogens is 1. The van der Waals surface area contributed by atoms with Crippen LogP contribution in [0.2, 0.25) is 0 Å². The van der Waals surface area contributed by atoms with Crippen molar-refractivity contribution in [2.45, 2.75) is 31.8 Å². The van der Waals surface area contributed by atoms with Crippen LogP contribution in [0.1, 0.15) is 24.1 Å². The van der Waals surface area contributed by atoms with Gasteiger partial charge >= 0.3 is 0 Å². The molecule has 1 saturated heterocycles. The smallest absolute Gasteiger partial charge is 0.0921 e. The van der Waals surface area contributed by atoms with Crippen LogP contribution in [0.5, 0.6) is 0 Å². The first-order valence-electron chi connectivity index (χ1n) is 7.72. The van der Waals surface area contributed by atoms with Gasteiger partial charge in [0, 0.05) is 49.8 Å². The lowest BCUT2D eigenvalue weighted by Crippen LogP contribution is -2.42. The summed E-state index contributed by atoms with van der Waals surface area (Å²) in [6, 6.07) is 4.87. The quantitative estimate of drug-likeness (QED) is 0.846. The van der Waals surface area contributed by atoms with E-state index < -0.39 is 0 Å². The second-order valence-corrected chi connectivity index (χ2v) is 5.69. The summed E-state index contributed by atoms with van der Waals surface area (Å²) in [6.07, 6.45) is 10.9. The third kappa shape index (κ3) is 4.37. The van der Waals surface area contributed by atoms with Crippen molar-refractivity contribution in [1.29, 1.82) is 0 Å². The van der Waals surface area contributed by atoms with E-state index in [1.165, 1.54) is 37.2 Å². The lowest BCUT2D eigenvalue weighted by Gasteiger charge is -2.32. The number of aromatic nitrogens is 3. The number of aromatic amines is 1. The molecular formula is C16H23N5. The molecule has 0 atom stereocenters. The molecule has 0 saturated carbocycles. The minimum atomic E-state index is 0.654. The van der Waals surface area contributed by atoms with Crippen molar-refractivity contribution in [1.82, 2.24) is 25.2 Å². The van der Waals surface area contributed by atoms with Crippen molar-refractivity contribution < 1.29 is 0 Å². The maximum atomic E-state index is 4.07. The zero-order chi connectivity index (χ0) is 14.3. The molecule has 21 heavy (non-hydrogen) atoms. The summed E-state index contributed by atoms with van der Waals surface area (Å²) in [4.78, 5) is 13.8. The molecule has 1 fully saturated rings. The molecule has 5 heteroatoms. The lowest BCUT2D eigenvalue weighted by atomic mass is 10.0. The van der Waals surface area contributed by atoms with E-state index in [1.807, 2.05) is 18.6 Å². The highest BCUT2D eigenvalue weighted by Gasteiger charge is 2.18. The lowest BCUT2D eigenvalue weighted by molar-refractivity contribution is 0.191. The molecule has 0 aliphatic carbocycles. The highest BCUT2D eigenvalue weighted by molar-refractivity contribution is 5.09. The van der Waals surface area contributed by atoms with Crippen molar-refractivity contribution in [3.8, 4) is 0 Å². The Morgan fingerprint density at radius 1 is 1.19 bits per heavy atom. The molecule has 0 radical (unpaired) electrons. The van der Waals surface area contributed by atoms with Crippen LogP contribution in [0, 0.1) is 0 Å². The van der Waals surface area contributed by atoms with Crippen molar-refractivity contribution >= 4 is 0 Å². The number of rotatable bonds is 6. The number of nitrogens with one attached hydrogen (secondary N) is 2. The normalized spacial score (nSPS) is 17.1. The van der Waals surface area contributed by atoms with Crippen LogP contribution in [0.4, 0.5) is 0 Å². The Labute approximate surface area is 125 Å². The fourth-order valence-corrected chi connectivity index (χ4v) is 2.87. The molecule has 0 amide bonds. The molecule has 0 bridgehead atoms. The Morgan fingerprint density at radius 2 is 2.00 bits per heavy atom. The first-order valence-corrected chi connectivity index (χ1v) is 7.72. The first kappa shape index (κ1) is 14.2. The zero-order valence-corrected chi connectivity index (χ0v) is 12.3. The molecule has 5 nitrogen and oxygen atoms in total. The molecule has 2 N–H and O–H groups in total. The maximum Gasteiger partial charge on any atom is 0.0921 e. The Bertz CT molecular complexity index is 503. The van der Waals surface area contributed by atoms with Crippen LogP contribution < -0.4 is 5.32 Å². The van der Waals surface area contributed by atoms with Crippen LogP contribution >= 0.6 is 0 Å². The van der Waals surface area contributed by atoms with Crippen LogP contribution in [-0.4, -0.2) is 45.5 Å². The Balaban J connectivity index is 1.35. The molecular weight excluding hydrogens is 262 g/mol. The number of pyridine rings is 1. The molecule has 112 valence electrons. The number of nitrogens with zero attached hydrogens (tertiary/aromatic N) is 3. The number of likely N-dealkylation sites (tertiary alicyclic amines) is 1. The second-order valence-electron chi connectivity index (χ2n) is 5.69. The van der Waals surface area contributed by atoms with Gasteiger partial charge in [0.25, 0.3) is 0 Å². The third-order valence-corrected chi connectivity index (χ3v) is 4.13. The van der Waals surface area contributed by atoms with Crippen molar-refractivity contribution in [2.75, 3.05) is 19.6 Å². The summed E-state index contributed by atoms with van der Waals surface area (Å²) < 4.78 is 0. The van der Waals surface area contributed by atoms with Gasteiger partial charge in [-0.1, -0.05) is 0 Å². The minimum Gasteiger partial charge on any atom is -0.348 e. The van der Waals surface area contributed by atoms with Crippen LogP contribution in [0.25, 0.3) is 0 Å². The molecule has 1 aliphatic heterocycles. The van der Waals surface area contributed by atoms with E-state index in [-0.39, 0.29) is 0 Å². The molecule has 1 aliphatic rings. The number of imidazole rings is 1. The Hall–Kier alpha value is -1.72. The molecule has 3 heterocycles.